The Hall–Kier alpha value is -3.58. The van der Waals surface area contributed by atoms with E-state index < -0.39 is 29.8 Å². The van der Waals surface area contributed by atoms with E-state index >= 15 is 0 Å². The van der Waals surface area contributed by atoms with Crippen molar-refractivity contribution in [1.82, 2.24) is 9.80 Å². The molecule has 3 amide bonds. The van der Waals surface area contributed by atoms with Gasteiger partial charge in [-0.2, -0.15) is 5.26 Å². The van der Waals surface area contributed by atoms with Gasteiger partial charge in [0.2, 0.25) is 0 Å². The average Bonchev–Trinajstić information content (AvgIpc) is 3.56. The maximum absolute atomic E-state index is 13.2. The Balaban J connectivity index is 0.000000176. The van der Waals surface area contributed by atoms with Gasteiger partial charge in [0.25, 0.3) is 0 Å². The second kappa shape index (κ2) is 11.6. The van der Waals surface area contributed by atoms with E-state index in [2.05, 4.69) is 15.7 Å². The molecule has 2 saturated heterocycles. The summed E-state index contributed by atoms with van der Waals surface area (Å²) >= 11 is 0. The van der Waals surface area contributed by atoms with Crippen LogP contribution < -0.4 is 5.73 Å². The molecule has 0 spiro atoms. The summed E-state index contributed by atoms with van der Waals surface area (Å²) in [5.74, 6) is -1.95. The zero-order valence-electron chi connectivity index (χ0n) is 20.3. The SMILES string of the molecule is N#Cc1cc(F)ccc1C1CCC(N2CCCC2)CC1.NC(=O)N1C(=O)OCC1c1ccc(F)c(F)c1. The van der Waals surface area contributed by atoms with Crippen molar-refractivity contribution in [2.75, 3.05) is 19.7 Å². The number of likely N-dealkylation sites (tertiary alicyclic amines) is 1. The van der Waals surface area contributed by atoms with Crippen LogP contribution in [0.25, 0.3) is 0 Å². The van der Waals surface area contributed by atoms with Crippen LogP contribution in [0.1, 0.15) is 67.2 Å². The molecular weight excluding hydrogens is 485 g/mol. The predicted octanol–water partition coefficient (Wildman–Crippen LogP) is 5.36. The van der Waals surface area contributed by atoms with E-state index in [0.29, 0.717) is 16.4 Å². The molecule has 2 aromatic carbocycles. The molecule has 196 valence electrons. The van der Waals surface area contributed by atoms with Crippen LogP contribution in [0.4, 0.5) is 22.8 Å². The normalized spacial score (nSPS) is 23.7. The van der Waals surface area contributed by atoms with E-state index in [1.165, 1.54) is 57.0 Å². The highest BCUT2D eigenvalue weighted by molar-refractivity contribution is 5.91. The van der Waals surface area contributed by atoms with E-state index in [4.69, 9.17) is 5.73 Å². The predicted molar refractivity (Wildman–Crippen MR) is 129 cm³/mol. The number of benzene rings is 2. The third-order valence-corrected chi connectivity index (χ3v) is 7.37. The summed E-state index contributed by atoms with van der Waals surface area (Å²) in [5, 5.41) is 9.17. The van der Waals surface area contributed by atoms with Crippen molar-refractivity contribution < 1.29 is 27.5 Å². The average molecular weight is 515 g/mol. The number of imide groups is 1. The van der Waals surface area contributed by atoms with Crippen molar-refractivity contribution in [2.45, 2.75) is 56.5 Å². The standard InChI is InChI=1S/C17H21FN2.C10H8F2N2O3/c18-15-5-8-17(14(11-15)12-19)13-3-6-16(7-4-13)20-9-1-2-10-20;11-6-2-1-5(3-7(6)12)8-4-17-10(16)14(8)9(13)15/h5,8,11,13,16H,1-4,6-7,9-10H2;1-3,8H,4H2,(H2,13,15). The molecule has 0 aromatic heterocycles. The highest BCUT2D eigenvalue weighted by atomic mass is 19.2. The van der Waals surface area contributed by atoms with Gasteiger partial charge in [0.15, 0.2) is 11.6 Å². The lowest BCUT2D eigenvalue weighted by Gasteiger charge is -2.34. The Morgan fingerprint density at radius 1 is 1.00 bits per heavy atom. The van der Waals surface area contributed by atoms with Gasteiger partial charge < -0.3 is 15.4 Å². The Bertz CT molecular complexity index is 1190. The lowest BCUT2D eigenvalue weighted by Crippen LogP contribution is -2.38. The number of nitrogens with two attached hydrogens (primary N) is 1. The first-order valence-electron chi connectivity index (χ1n) is 12.4. The number of carbonyl (C=O) groups excluding carboxylic acids is 2. The van der Waals surface area contributed by atoms with Crippen LogP contribution in [0.5, 0.6) is 0 Å². The summed E-state index contributed by atoms with van der Waals surface area (Å²) in [6.07, 6.45) is 6.47. The minimum Gasteiger partial charge on any atom is -0.446 e. The largest absolute Gasteiger partial charge is 0.446 e. The number of primary amides is 1. The molecule has 10 heteroatoms. The summed E-state index contributed by atoms with van der Waals surface area (Å²) in [6, 6.07) is 8.82. The molecule has 1 atom stereocenters. The third kappa shape index (κ3) is 6.05. The van der Waals surface area contributed by atoms with Crippen molar-refractivity contribution >= 4 is 12.1 Å². The van der Waals surface area contributed by atoms with Crippen molar-refractivity contribution in [2.24, 2.45) is 5.73 Å². The number of nitriles is 1. The number of hydrogen-bond donors (Lipinski definition) is 1. The number of urea groups is 1. The molecule has 0 radical (unpaired) electrons. The quantitative estimate of drug-likeness (QED) is 0.595. The minimum atomic E-state index is -1.06. The molecule has 3 aliphatic rings. The van der Waals surface area contributed by atoms with E-state index in [0.717, 1.165) is 36.6 Å². The van der Waals surface area contributed by atoms with Gasteiger partial charge in [-0.3, -0.25) is 0 Å². The Kier molecular flexibility index (Phi) is 8.34. The first-order valence-corrected chi connectivity index (χ1v) is 12.4. The number of nitrogens with zero attached hydrogens (tertiary/aromatic N) is 3. The van der Waals surface area contributed by atoms with Crippen molar-refractivity contribution in [3.63, 3.8) is 0 Å². The molecule has 5 rings (SSSR count). The first kappa shape index (κ1) is 26.5. The van der Waals surface area contributed by atoms with Crippen LogP contribution in [0.2, 0.25) is 0 Å². The number of halogens is 3. The fraction of sp³-hybridized carbons (Fsp3) is 0.444. The van der Waals surface area contributed by atoms with Gasteiger partial charge in [-0.05, 0) is 92.9 Å². The van der Waals surface area contributed by atoms with E-state index in [1.54, 1.807) is 0 Å². The summed E-state index contributed by atoms with van der Waals surface area (Å²) in [6.45, 7) is 2.39. The maximum Gasteiger partial charge on any atom is 0.418 e. The van der Waals surface area contributed by atoms with Crippen LogP contribution in [0.15, 0.2) is 36.4 Å². The van der Waals surface area contributed by atoms with Crippen LogP contribution in [0.3, 0.4) is 0 Å². The number of cyclic esters (lactones) is 1. The fourth-order valence-corrected chi connectivity index (χ4v) is 5.47. The van der Waals surface area contributed by atoms with Crippen molar-refractivity contribution in [3.8, 4) is 6.07 Å². The van der Waals surface area contributed by atoms with E-state index in [-0.39, 0.29) is 18.0 Å². The molecule has 37 heavy (non-hydrogen) atoms. The van der Waals surface area contributed by atoms with Crippen LogP contribution in [-0.2, 0) is 4.74 Å². The molecule has 2 heterocycles. The molecule has 1 saturated carbocycles. The third-order valence-electron chi connectivity index (χ3n) is 7.37. The number of rotatable bonds is 3. The van der Waals surface area contributed by atoms with E-state index in [9.17, 15) is 28.0 Å². The number of hydrogen-bond acceptors (Lipinski definition) is 5. The molecule has 0 bridgehead atoms. The lowest BCUT2D eigenvalue weighted by atomic mass is 9.80. The highest BCUT2D eigenvalue weighted by Gasteiger charge is 2.38. The number of carbonyl (C=O) groups is 2. The minimum absolute atomic E-state index is 0.132. The monoisotopic (exact) mass is 514 g/mol. The van der Waals surface area contributed by atoms with Gasteiger partial charge in [-0.25, -0.2) is 27.7 Å². The van der Waals surface area contributed by atoms with Crippen LogP contribution >= 0.6 is 0 Å². The van der Waals surface area contributed by atoms with Crippen LogP contribution in [-0.4, -0.2) is 47.7 Å². The molecule has 2 aromatic rings. The van der Waals surface area contributed by atoms with Crippen molar-refractivity contribution in [3.05, 3.63) is 70.5 Å². The van der Waals surface area contributed by atoms with Crippen molar-refractivity contribution in [1.29, 1.82) is 5.26 Å². The first-order chi connectivity index (χ1) is 17.8. The Labute approximate surface area is 213 Å². The Morgan fingerprint density at radius 2 is 1.70 bits per heavy atom. The molecule has 2 aliphatic heterocycles. The van der Waals surface area contributed by atoms with Gasteiger partial charge in [0, 0.05) is 6.04 Å². The molecular formula is C27H29F3N4O3. The zero-order chi connectivity index (χ0) is 26.5. The number of ether oxygens (including phenoxy) is 1. The van der Waals surface area contributed by atoms with Gasteiger partial charge in [-0.15, -0.1) is 0 Å². The van der Waals surface area contributed by atoms with Crippen LogP contribution in [0, 0.1) is 28.8 Å². The topological polar surface area (TPSA) is 99.7 Å². The molecule has 3 fully saturated rings. The summed E-state index contributed by atoms with van der Waals surface area (Å²) < 4.78 is 43.6. The maximum atomic E-state index is 13.2. The zero-order valence-corrected chi connectivity index (χ0v) is 20.3. The van der Waals surface area contributed by atoms with Gasteiger partial charge in [-0.1, -0.05) is 12.1 Å². The van der Waals surface area contributed by atoms with Gasteiger partial charge in [0.05, 0.1) is 11.6 Å². The summed E-state index contributed by atoms with van der Waals surface area (Å²) in [5.41, 5.74) is 6.82. The molecule has 7 nitrogen and oxygen atoms in total. The summed E-state index contributed by atoms with van der Waals surface area (Å²) in [4.78, 5) is 25.5. The smallest absolute Gasteiger partial charge is 0.418 e. The van der Waals surface area contributed by atoms with Gasteiger partial charge in [0.1, 0.15) is 18.5 Å². The fourth-order valence-electron chi connectivity index (χ4n) is 5.47. The lowest BCUT2D eigenvalue weighted by molar-refractivity contribution is 0.160. The molecule has 2 N–H and O–H groups in total. The van der Waals surface area contributed by atoms with E-state index in [1.807, 2.05) is 6.07 Å². The Morgan fingerprint density at radius 3 is 2.32 bits per heavy atom. The second-order valence-electron chi connectivity index (χ2n) is 9.57. The molecule has 1 unspecified atom stereocenters. The highest BCUT2D eigenvalue weighted by Crippen LogP contribution is 2.37. The summed E-state index contributed by atoms with van der Waals surface area (Å²) in [7, 11) is 0. The number of amides is 3. The second-order valence-corrected chi connectivity index (χ2v) is 9.57. The molecule has 1 aliphatic carbocycles. The van der Waals surface area contributed by atoms with Gasteiger partial charge >= 0.3 is 12.1 Å².